The maximum atomic E-state index is 6.61. The first-order chi connectivity index (χ1) is 13.9. The zero-order valence-corrected chi connectivity index (χ0v) is 16.0. The quantitative estimate of drug-likeness (QED) is 0.263. The number of ether oxygens (including phenoxy) is 3. The molecule has 0 aromatic heterocycles. The topological polar surface area (TPSA) is 27.7 Å². The highest BCUT2D eigenvalue weighted by atomic mass is 16.5. The van der Waals surface area contributed by atoms with Crippen molar-refractivity contribution in [2.45, 2.75) is 5.60 Å². The highest BCUT2D eigenvalue weighted by Gasteiger charge is 2.37. The van der Waals surface area contributed by atoms with Gasteiger partial charge in [0.15, 0.2) is 0 Å². The summed E-state index contributed by atoms with van der Waals surface area (Å²) >= 11 is 0. The monoisotopic (exact) mass is 374 g/mol. The third-order valence-electron chi connectivity index (χ3n) is 4.55. The summed E-state index contributed by atoms with van der Waals surface area (Å²) in [6.07, 6.45) is 1.42. The summed E-state index contributed by atoms with van der Waals surface area (Å²) in [5.41, 5.74) is 2.55. The molecule has 3 aromatic carbocycles. The van der Waals surface area contributed by atoms with Crippen LogP contribution in [0.1, 0.15) is 16.7 Å². The first-order valence-corrected chi connectivity index (χ1v) is 9.48. The molecule has 28 heavy (non-hydrogen) atoms. The molecule has 0 aliphatic heterocycles. The van der Waals surface area contributed by atoms with Crippen LogP contribution in [0, 0.1) is 0 Å². The Morgan fingerprint density at radius 2 is 1.04 bits per heavy atom. The van der Waals surface area contributed by atoms with Gasteiger partial charge >= 0.3 is 0 Å². The molecule has 0 aliphatic rings. The largest absolute Gasteiger partial charge is 0.499 e. The Hall–Kier alpha value is -2.88. The third-order valence-corrected chi connectivity index (χ3v) is 4.55. The summed E-state index contributed by atoms with van der Waals surface area (Å²) in [5, 5.41) is 0. The summed E-state index contributed by atoms with van der Waals surface area (Å²) in [6, 6.07) is 31.0. The molecule has 0 atom stereocenters. The van der Waals surface area contributed by atoms with Gasteiger partial charge in [0.2, 0.25) is 0 Å². The molecular formula is C25H26O3. The highest BCUT2D eigenvalue weighted by Crippen LogP contribution is 2.40. The van der Waals surface area contributed by atoms with Crippen molar-refractivity contribution in [2.75, 3.05) is 26.4 Å². The summed E-state index contributed by atoms with van der Waals surface area (Å²) in [5.74, 6) is 0. The molecule has 0 fully saturated rings. The molecule has 3 rings (SSSR count). The Morgan fingerprint density at radius 3 is 1.46 bits per heavy atom. The summed E-state index contributed by atoms with van der Waals surface area (Å²) in [6.45, 7) is 5.45. The molecule has 0 heterocycles. The van der Waals surface area contributed by atoms with Crippen LogP contribution >= 0.6 is 0 Å². The minimum Gasteiger partial charge on any atom is -0.499 e. The van der Waals surface area contributed by atoms with E-state index in [2.05, 4.69) is 43.0 Å². The fraction of sp³-hybridized carbons (Fsp3) is 0.200. The molecule has 3 aromatic rings. The van der Waals surface area contributed by atoms with Crippen LogP contribution in [0.4, 0.5) is 0 Å². The molecule has 144 valence electrons. The molecule has 0 N–H and O–H groups in total. The zero-order chi connectivity index (χ0) is 19.5. The molecule has 3 nitrogen and oxygen atoms in total. The number of hydrogen-bond acceptors (Lipinski definition) is 3. The molecule has 0 aliphatic carbocycles. The highest BCUT2D eigenvalue weighted by molar-refractivity contribution is 5.47. The molecule has 0 saturated heterocycles. The molecule has 0 bridgehead atoms. The fourth-order valence-electron chi connectivity index (χ4n) is 3.31. The summed E-state index contributed by atoms with van der Waals surface area (Å²) in [7, 11) is 0. The second-order valence-corrected chi connectivity index (χ2v) is 6.28. The lowest BCUT2D eigenvalue weighted by atomic mass is 9.80. The van der Waals surface area contributed by atoms with Crippen LogP contribution in [-0.4, -0.2) is 26.4 Å². The van der Waals surface area contributed by atoms with E-state index in [4.69, 9.17) is 14.2 Å². The number of benzene rings is 3. The predicted octanol–water partition coefficient (Wildman–Crippen LogP) is 5.17. The Bertz CT molecular complexity index is 720. The van der Waals surface area contributed by atoms with Crippen molar-refractivity contribution in [3.8, 4) is 0 Å². The van der Waals surface area contributed by atoms with Crippen LogP contribution in [0.3, 0.4) is 0 Å². The van der Waals surface area contributed by atoms with Gasteiger partial charge in [-0.3, -0.25) is 0 Å². The van der Waals surface area contributed by atoms with Gasteiger partial charge < -0.3 is 14.2 Å². The van der Waals surface area contributed by atoms with Crippen molar-refractivity contribution in [2.24, 2.45) is 0 Å². The van der Waals surface area contributed by atoms with Gasteiger partial charge in [0, 0.05) is 0 Å². The van der Waals surface area contributed by atoms with Gasteiger partial charge in [0.1, 0.15) is 12.2 Å². The molecule has 3 heteroatoms. The second-order valence-electron chi connectivity index (χ2n) is 6.28. The van der Waals surface area contributed by atoms with Crippen molar-refractivity contribution in [1.82, 2.24) is 0 Å². The second kappa shape index (κ2) is 10.5. The first kappa shape index (κ1) is 19.9. The minimum atomic E-state index is -0.704. The van der Waals surface area contributed by atoms with E-state index in [0.717, 1.165) is 16.7 Å². The lowest BCUT2D eigenvalue weighted by Gasteiger charge is -2.36. The third kappa shape index (κ3) is 4.69. The maximum absolute atomic E-state index is 6.61. The van der Waals surface area contributed by atoms with Crippen LogP contribution in [0.5, 0.6) is 0 Å². The fourth-order valence-corrected chi connectivity index (χ4v) is 3.31. The molecule has 0 saturated carbocycles. The minimum absolute atomic E-state index is 0.451. The van der Waals surface area contributed by atoms with Crippen molar-refractivity contribution in [3.05, 3.63) is 121 Å². The smallest absolute Gasteiger partial charge is 0.143 e. The van der Waals surface area contributed by atoms with E-state index in [0.29, 0.717) is 26.4 Å². The van der Waals surface area contributed by atoms with E-state index >= 15 is 0 Å². The van der Waals surface area contributed by atoms with Gasteiger partial charge in [-0.1, -0.05) is 97.6 Å². The van der Waals surface area contributed by atoms with Crippen molar-refractivity contribution in [3.63, 3.8) is 0 Å². The molecule has 0 spiro atoms. The van der Waals surface area contributed by atoms with Crippen molar-refractivity contribution < 1.29 is 14.2 Å². The SMILES string of the molecule is C=COCCOCCOC(c1ccccc1)(c1ccccc1)c1ccccc1. The van der Waals surface area contributed by atoms with E-state index < -0.39 is 5.60 Å². The number of hydrogen-bond donors (Lipinski definition) is 0. The molecular weight excluding hydrogens is 348 g/mol. The van der Waals surface area contributed by atoms with E-state index in [1.54, 1.807) is 0 Å². The first-order valence-electron chi connectivity index (χ1n) is 9.48. The Balaban J connectivity index is 1.92. The predicted molar refractivity (Wildman–Crippen MR) is 112 cm³/mol. The van der Waals surface area contributed by atoms with Crippen LogP contribution in [0.25, 0.3) is 0 Å². The molecule has 0 amide bonds. The standard InChI is InChI=1S/C25H26O3/c1-2-26-18-19-27-20-21-28-25(22-12-6-3-7-13-22,23-14-8-4-9-15-23)24-16-10-5-11-17-24/h2-17H,1,18-21H2. The Morgan fingerprint density at radius 1 is 0.607 bits per heavy atom. The van der Waals surface area contributed by atoms with Crippen LogP contribution in [0.2, 0.25) is 0 Å². The van der Waals surface area contributed by atoms with Gasteiger partial charge in [-0.25, -0.2) is 0 Å². The van der Waals surface area contributed by atoms with Gasteiger partial charge in [0.25, 0.3) is 0 Å². The van der Waals surface area contributed by atoms with Crippen LogP contribution in [-0.2, 0) is 19.8 Å². The molecule has 0 unspecified atom stereocenters. The average Bonchev–Trinajstić information content (AvgIpc) is 2.78. The lowest BCUT2D eigenvalue weighted by molar-refractivity contribution is -0.0288. The van der Waals surface area contributed by atoms with Gasteiger partial charge in [-0.15, -0.1) is 0 Å². The summed E-state index contributed by atoms with van der Waals surface area (Å²) < 4.78 is 17.3. The van der Waals surface area contributed by atoms with Crippen molar-refractivity contribution >= 4 is 0 Å². The van der Waals surface area contributed by atoms with Gasteiger partial charge in [-0.05, 0) is 16.7 Å². The Kier molecular flexibility index (Phi) is 7.42. The van der Waals surface area contributed by atoms with Crippen LogP contribution < -0.4 is 0 Å². The van der Waals surface area contributed by atoms with E-state index in [-0.39, 0.29) is 0 Å². The Labute approximate surface area is 167 Å². The van der Waals surface area contributed by atoms with E-state index in [1.165, 1.54) is 6.26 Å². The average molecular weight is 374 g/mol. The lowest BCUT2D eigenvalue weighted by Crippen LogP contribution is -2.34. The number of rotatable bonds is 11. The van der Waals surface area contributed by atoms with E-state index in [9.17, 15) is 0 Å². The zero-order valence-electron chi connectivity index (χ0n) is 16.0. The van der Waals surface area contributed by atoms with Gasteiger partial charge in [-0.2, -0.15) is 0 Å². The van der Waals surface area contributed by atoms with Crippen molar-refractivity contribution in [1.29, 1.82) is 0 Å². The maximum Gasteiger partial charge on any atom is 0.143 e. The van der Waals surface area contributed by atoms with Gasteiger partial charge in [0.05, 0.1) is 26.1 Å². The molecule has 0 radical (unpaired) electrons. The summed E-state index contributed by atoms with van der Waals surface area (Å²) in [4.78, 5) is 0. The van der Waals surface area contributed by atoms with Crippen LogP contribution in [0.15, 0.2) is 104 Å². The van der Waals surface area contributed by atoms with E-state index in [1.807, 2.05) is 54.6 Å². The normalized spacial score (nSPS) is 11.1.